The molecule has 2 amide bonds. The summed E-state index contributed by atoms with van der Waals surface area (Å²) >= 11 is 0. The van der Waals surface area contributed by atoms with Crippen molar-refractivity contribution in [2.75, 3.05) is 41.5 Å². The Kier molecular flexibility index (Phi) is 16.3. The van der Waals surface area contributed by atoms with Crippen molar-refractivity contribution in [3.8, 4) is 0 Å². The fourth-order valence-electron chi connectivity index (χ4n) is 9.97. The number of hydrogen-bond donors (Lipinski definition) is 1. The predicted molar refractivity (Wildman–Crippen MR) is 212 cm³/mol. The third-order valence-corrected chi connectivity index (χ3v) is 13.5. The van der Waals surface area contributed by atoms with Crippen LogP contribution < -0.4 is 0 Å². The normalized spacial score (nSPS) is 25.3. The number of carbonyl (C=O) groups excluding carboxylic acids is 4. The quantitative estimate of drug-likeness (QED) is 0.169. The lowest BCUT2D eigenvalue weighted by Crippen LogP contribution is -2.54. The van der Waals surface area contributed by atoms with Crippen molar-refractivity contribution >= 4 is 23.4 Å². The van der Waals surface area contributed by atoms with Crippen LogP contribution in [-0.2, 0) is 35.1 Å². The molecule has 10 heteroatoms. The number of ketones is 2. The summed E-state index contributed by atoms with van der Waals surface area (Å²) in [6.07, 6.45) is 5.72. The summed E-state index contributed by atoms with van der Waals surface area (Å²) in [6.45, 7) is 12.6. The van der Waals surface area contributed by atoms with E-state index in [9.17, 15) is 24.3 Å². The van der Waals surface area contributed by atoms with Crippen LogP contribution in [0.3, 0.4) is 0 Å². The number of rotatable bonds is 21. The van der Waals surface area contributed by atoms with Crippen LogP contribution in [0.15, 0.2) is 24.3 Å². The van der Waals surface area contributed by atoms with E-state index < -0.39 is 24.0 Å². The van der Waals surface area contributed by atoms with Crippen molar-refractivity contribution < 1.29 is 33.8 Å². The van der Waals surface area contributed by atoms with E-state index >= 15 is 0 Å². The van der Waals surface area contributed by atoms with Crippen LogP contribution in [0.25, 0.3) is 0 Å². The molecule has 0 spiro atoms. The third-order valence-electron chi connectivity index (χ3n) is 13.5. The number of aryl methyl sites for hydroxylation is 1. The number of carbonyl (C=O) groups is 4. The molecule has 54 heavy (non-hydrogen) atoms. The summed E-state index contributed by atoms with van der Waals surface area (Å²) in [7, 11) is 7.08. The van der Waals surface area contributed by atoms with Gasteiger partial charge in [-0.05, 0) is 81.7 Å². The van der Waals surface area contributed by atoms with E-state index in [-0.39, 0.29) is 85.1 Å². The maximum atomic E-state index is 14.4. The fraction of sp³-hybridized carbons (Fsp3) is 0.773. The molecule has 3 aliphatic rings. The van der Waals surface area contributed by atoms with E-state index in [1.165, 1.54) is 0 Å². The highest BCUT2D eigenvalue weighted by Crippen LogP contribution is 2.42. The van der Waals surface area contributed by atoms with Crippen LogP contribution >= 0.6 is 0 Å². The lowest BCUT2D eigenvalue weighted by atomic mass is 9.83. The van der Waals surface area contributed by atoms with Crippen LogP contribution in [-0.4, -0.2) is 121 Å². The van der Waals surface area contributed by atoms with E-state index in [1.807, 2.05) is 63.9 Å². The lowest BCUT2D eigenvalue weighted by molar-refractivity contribution is -0.149. The number of aliphatic hydroxyl groups is 1. The molecule has 0 aromatic heterocycles. The van der Waals surface area contributed by atoms with Gasteiger partial charge in [0, 0.05) is 65.1 Å². The van der Waals surface area contributed by atoms with Gasteiger partial charge in [-0.25, -0.2) is 0 Å². The molecule has 304 valence electrons. The minimum Gasteiger partial charge on any atom is -0.396 e. The summed E-state index contributed by atoms with van der Waals surface area (Å²) < 4.78 is 12.1. The summed E-state index contributed by atoms with van der Waals surface area (Å²) in [5.41, 5.74) is 2.25. The number of Topliss-reactive ketones (excluding diaryl/α,β-unsaturated/α-hetero) is 2. The molecule has 1 N–H and O–H groups in total. The highest BCUT2D eigenvalue weighted by molar-refractivity contribution is 5.90. The molecule has 10 nitrogen and oxygen atoms in total. The molecule has 3 fully saturated rings. The van der Waals surface area contributed by atoms with Gasteiger partial charge in [-0.2, -0.15) is 0 Å². The number of likely N-dealkylation sites (tertiary alicyclic amines) is 2. The first-order valence-electron chi connectivity index (χ1n) is 20.7. The van der Waals surface area contributed by atoms with E-state index in [4.69, 9.17) is 9.47 Å². The van der Waals surface area contributed by atoms with Crippen LogP contribution in [0.5, 0.6) is 0 Å². The average molecular weight is 754 g/mol. The second-order valence-electron chi connectivity index (χ2n) is 17.4. The Morgan fingerprint density at radius 2 is 1.65 bits per heavy atom. The number of amides is 2. The molecule has 1 aromatic rings. The zero-order valence-corrected chi connectivity index (χ0v) is 35.0. The van der Waals surface area contributed by atoms with Crippen molar-refractivity contribution in [2.24, 2.45) is 35.5 Å². The number of fused-ring (bicyclic) bond motifs is 2. The number of benzene rings is 1. The summed E-state index contributed by atoms with van der Waals surface area (Å²) in [4.78, 5) is 61.9. The molecule has 2 heterocycles. The molecule has 1 saturated carbocycles. The molecule has 2 bridgehead atoms. The summed E-state index contributed by atoms with van der Waals surface area (Å²) in [6, 6.07) is 7.89. The van der Waals surface area contributed by atoms with Gasteiger partial charge < -0.3 is 24.4 Å². The Balaban J connectivity index is 1.44. The van der Waals surface area contributed by atoms with E-state index in [0.717, 1.165) is 49.7 Å². The molecule has 11 atom stereocenters. The molecule has 2 saturated heterocycles. The predicted octanol–water partition coefficient (Wildman–Crippen LogP) is 5.74. The van der Waals surface area contributed by atoms with Gasteiger partial charge in [0.1, 0.15) is 5.78 Å². The van der Waals surface area contributed by atoms with Gasteiger partial charge in [0.05, 0.1) is 36.8 Å². The first-order chi connectivity index (χ1) is 25.7. The summed E-state index contributed by atoms with van der Waals surface area (Å²) in [5, 5.41) is 10.2. The SMILES string of the molecule is CC[C@H](C)[C@@H]([C@@H](CC(=O)N1CCC[C@H]1[C@H](OC)[C@@H](C)C(=O)C[C@H](CO)Cc1ccc(C)cc1)OC)N(C)C(=O)[C@@H](CC(=O)[C@@H]1[C@H]2CC[C@H](C2)N1C)C(C)C. The third kappa shape index (κ3) is 10.2. The standard InChI is InChI=1S/C44H71N3O7/c1-11-29(5)41(46(8)44(52)35(27(2)3)24-38(50)42-33-18-19-34(23-33)45(42)7)39(53-9)25-40(51)47-20-12-13-36(47)43(54-10)30(6)37(49)22-32(26-48)21-31-16-14-28(4)15-17-31/h14-17,27,29-30,32-36,39,41-43,48H,11-13,18-26H2,1-10H3/t29-,30-,32+,33-,34+,35-,36-,39+,41-,42-,43+/m0/s1. The van der Waals surface area contributed by atoms with Gasteiger partial charge in [-0.3, -0.25) is 24.1 Å². The van der Waals surface area contributed by atoms with Crippen molar-refractivity contribution in [1.29, 1.82) is 0 Å². The van der Waals surface area contributed by atoms with Crippen molar-refractivity contribution in [3.63, 3.8) is 0 Å². The first kappa shape index (κ1) is 44.1. The molecule has 0 radical (unpaired) electrons. The number of methoxy groups -OCH3 is 2. The number of nitrogens with zero attached hydrogens (tertiary/aromatic N) is 3. The van der Waals surface area contributed by atoms with Crippen LogP contribution in [0.2, 0.25) is 0 Å². The Bertz CT molecular complexity index is 1400. The van der Waals surface area contributed by atoms with E-state index in [2.05, 4.69) is 25.8 Å². The number of aliphatic hydroxyl groups excluding tert-OH is 1. The maximum absolute atomic E-state index is 14.4. The molecule has 2 aliphatic heterocycles. The van der Waals surface area contributed by atoms with Crippen LogP contribution in [0, 0.1) is 42.4 Å². The van der Waals surface area contributed by atoms with Gasteiger partial charge >= 0.3 is 0 Å². The van der Waals surface area contributed by atoms with Gasteiger partial charge in [-0.1, -0.05) is 70.9 Å². The molecular weight excluding hydrogens is 682 g/mol. The number of ether oxygens (including phenoxy) is 2. The van der Waals surface area contributed by atoms with Crippen molar-refractivity contribution in [1.82, 2.24) is 14.7 Å². The second-order valence-corrected chi connectivity index (χ2v) is 17.4. The monoisotopic (exact) mass is 754 g/mol. The number of piperidine rings is 1. The number of likely N-dealkylation sites (N-methyl/N-ethyl adjacent to an activating group) is 2. The van der Waals surface area contributed by atoms with Crippen molar-refractivity contribution in [2.45, 2.75) is 142 Å². The van der Waals surface area contributed by atoms with Crippen LogP contribution in [0.4, 0.5) is 0 Å². The Hall–Kier alpha value is -2.66. The fourth-order valence-corrected chi connectivity index (χ4v) is 9.97. The Morgan fingerprint density at radius 1 is 0.963 bits per heavy atom. The van der Waals surface area contributed by atoms with Gasteiger partial charge in [0.15, 0.2) is 5.78 Å². The van der Waals surface area contributed by atoms with Crippen molar-refractivity contribution in [3.05, 3.63) is 35.4 Å². The van der Waals surface area contributed by atoms with Gasteiger partial charge in [-0.15, -0.1) is 0 Å². The van der Waals surface area contributed by atoms with Gasteiger partial charge in [0.2, 0.25) is 11.8 Å². The second kappa shape index (κ2) is 20.0. The largest absolute Gasteiger partial charge is 0.396 e. The molecular formula is C44H71N3O7. The molecule has 0 unspecified atom stereocenters. The maximum Gasteiger partial charge on any atom is 0.226 e. The zero-order chi connectivity index (χ0) is 39.9. The number of hydrogen-bond acceptors (Lipinski definition) is 8. The Labute approximate surface area is 325 Å². The zero-order valence-electron chi connectivity index (χ0n) is 35.0. The molecule has 1 aliphatic carbocycles. The average Bonchev–Trinajstić information content (AvgIpc) is 3.91. The highest BCUT2D eigenvalue weighted by Gasteiger charge is 2.48. The van der Waals surface area contributed by atoms with E-state index in [0.29, 0.717) is 24.9 Å². The highest BCUT2D eigenvalue weighted by atomic mass is 16.5. The van der Waals surface area contributed by atoms with E-state index in [1.54, 1.807) is 19.1 Å². The Morgan fingerprint density at radius 3 is 2.20 bits per heavy atom. The molecule has 4 rings (SSSR count). The lowest BCUT2D eigenvalue weighted by Gasteiger charge is -2.41. The van der Waals surface area contributed by atoms with Gasteiger partial charge in [0.25, 0.3) is 0 Å². The smallest absolute Gasteiger partial charge is 0.226 e. The molecule has 1 aromatic carbocycles. The minimum atomic E-state index is -0.560. The topological polar surface area (TPSA) is 117 Å². The first-order valence-corrected chi connectivity index (χ1v) is 20.7. The minimum absolute atomic E-state index is 0.0179. The summed E-state index contributed by atoms with van der Waals surface area (Å²) in [5.74, 6) is -0.688. The van der Waals surface area contributed by atoms with Crippen LogP contribution in [0.1, 0.15) is 104 Å².